The number of aliphatic carboxylic acids is 1. The Morgan fingerprint density at radius 1 is 1.16 bits per heavy atom. The summed E-state index contributed by atoms with van der Waals surface area (Å²) < 4.78 is 5.37. The van der Waals surface area contributed by atoms with Crippen LogP contribution in [-0.4, -0.2) is 35.5 Å². The number of carbonyl (C=O) groups is 3. The summed E-state index contributed by atoms with van der Waals surface area (Å²) in [6.45, 7) is 3.80. The summed E-state index contributed by atoms with van der Waals surface area (Å²) in [5, 5.41) is 14.1. The summed E-state index contributed by atoms with van der Waals surface area (Å²) in [4.78, 5) is 41.2. The van der Waals surface area contributed by atoms with Crippen LogP contribution in [0.5, 0.6) is 5.75 Å². The number of hydrogen-bond donors (Lipinski definition) is 2. The van der Waals surface area contributed by atoms with E-state index in [1.165, 1.54) is 7.11 Å². The number of rotatable bonds is 6. The van der Waals surface area contributed by atoms with Crippen molar-refractivity contribution in [3.05, 3.63) is 59.1 Å². The van der Waals surface area contributed by atoms with Gasteiger partial charge in [-0.05, 0) is 42.2 Å². The molecule has 0 bridgehead atoms. The first-order chi connectivity index (χ1) is 15.2. The maximum atomic E-state index is 13.7. The molecule has 32 heavy (non-hydrogen) atoms. The third-order valence-corrected chi connectivity index (χ3v) is 6.57. The number of nitrogens with zero attached hydrogens (tertiary/aromatic N) is 1. The SMILES string of the molecule is COc1ccccc1N1C(=O)[C@H]2[C@@H](C1=O)[C@](CC(C)C)(C(=O)O)N[C@H]2c1ccc(Cl)cc1. The summed E-state index contributed by atoms with van der Waals surface area (Å²) in [6.07, 6.45) is 0.201. The Kier molecular flexibility index (Phi) is 5.73. The Hall–Kier alpha value is -2.90. The lowest BCUT2D eigenvalue weighted by atomic mass is 9.75. The zero-order valence-corrected chi connectivity index (χ0v) is 18.8. The molecule has 0 radical (unpaired) electrons. The van der Waals surface area contributed by atoms with Gasteiger partial charge in [-0.2, -0.15) is 0 Å². The van der Waals surface area contributed by atoms with Gasteiger partial charge in [0.25, 0.3) is 0 Å². The number of methoxy groups -OCH3 is 1. The summed E-state index contributed by atoms with van der Waals surface area (Å²) in [7, 11) is 1.46. The predicted molar refractivity (Wildman–Crippen MR) is 120 cm³/mol. The van der Waals surface area contributed by atoms with E-state index in [2.05, 4.69) is 5.32 Å². The van der Waals surface area contributed by atoms with Crippen LogP contribution in [-0.2, 0) is 14.4 Å². The van der Waals surface area contributed by atoms with E-state index < -0.39 is 41.2 Å². The summed E-state index contributed by atoms with van der Waals surface area (Å²) >= 11 is 6.04. The van der Waals surface area contributed by atoms with Gasteiger partial charge in [-0.1, -0.05) is 49.7 Å². The lowest BCUT2D eigenvalue weighted by Crippen LogP contribution is -2.56. The number of fused-ring (bicyclic) bond motifs is 1. The van der Waals surface area contributed by atoms with Crippen molar-refractivity contribution in [2.75, 3.05) is 12.0 Å². The molecule has 2 aromatic carbocycles. The van der Waals surface area contributed by atoms with E-state index >= 15 is 0 Å². The fourth-order valence-corrected chi connectivity index (χ4v) is 5.25. The lowest BCUT2D eigenvalue weighted by Gasteiger charge is -2.32. The van der Waals surface area contributed by atoms with Gasteiger partial charge in [0.15, 0.2) is 0 Å². The fraction of sp³-hybridized carbons (Fsp3) is 0.375. The monoisotopic (exact) mass is 456 g/mol. The topological polar surface area (TPSA) is 95.9 Å². The fourth-order valence-electron chi connectivity index (χ4n) is 5.13. The molecule has 2 N–H and O–H groups in total. The molecule has 4 atom stereocenters. The van der Waals surface area contributed by atoms with Gasteiger partial charge in [-0.15, -0.1) is 0 Å². The van der Waals surface area contributed by atoms with Crippen molar-refractivity contribution in [3.63, 3.8) is 0 Å². The average molecular weight is 457 g/mol. The van der Waals surface area contributed by atoms with Crippen LogP contribution in [0.25, 0.3) is 0 Å². The highest BCUT2D eigenvalue weighted by atomic mass is 35.5. The molecule has 168 valence electrons. The summed E-state index contributed by atoms with van der Waals surface area (Å²) in [6, 6.07) is 13.0. The molecule has 8 heteroatoms. The van der Waals surface area contributed by atoms with E-state index in [-0.39, 0.29) is 12.3 Å². The highest BCUT2D eigenvalue weighted by Crippen LogP contribution is 2.52. The maximum Gasteiger partial charge on any atom is 0.324 e. The number of ether oxygens (including phenoxy) is 1. The third kappa shape index (κ3) is 3.36. The van der Waals surface area contributed by atoms with Crippen molar-refractivity contribution >= 4 is 35.1 Å². The number of hydrogen-bond acceptors (Lipinski definition) is 5. The van der Waals surface area contributed by atoms with Crippen molar-refractivity contribution in [2.45, 2.75) is 31.8 Å². The molecule has 0 unspecified atom stereocenters. The normalized spacial score (nSPS) is 27.2. The van der Waals surface area contributed by atoms with Gasteiger partial charge in [0.1, 0.15) is 11.3 Å². The maximum absolute atomic E-state index is 13.7. The number of halogens is 1. The van der Waals surface area contributed by atoms with Gasteiger partial charge in [-0.3, -0.25) is 19.7 Å². The molecule has 7 nitrogen and oxygen atoms in total. The summed E-state index contributed by atoms with van der Waals surface area (Å²) in [5.41, 5.74) is -0.551. The number of carboxylic acids is 1. The molecule has 2 saturated heterocycles. The molecular weight excluding hydrogens is 432 g/mol. The van der Waals surface area contributed by atoms with Gasteiger partial charge in [0.05, 0.1) is 24.6 Å². The second-order valence-electron chi connectivity index (χ2n) is 8.74. The first kappa shape index (κ1) is 22.3. The van der Waals surface area contributed by atoms with Crippen LogP contribution in [0.2, 0.25) is 5.02 Å². The highest BCUT2D eigenvalue weighted by molar-refractivity contribution is 6.30. The first-order valence-electron chi connectivity index (χ1n) is 10.5. The molecule has 0 saturated carbocycles. The second-order valence-corrected chi connectivity index (χ2v) is 9.17. The van der Waals surface area contributed by atoms with Gasteiger partial charge < -0.3 is 9.84 Å². The van der Waals surface area contributed by atoms with E-state index in [1.54, 1.807) is 48.5 Å². The number of imide groups is 1. The molecular formula is C24H25ClN2O5. The molecule has 0 aliphatic carbocycles. The van der Waals surface area contributed by atoms with Gasteiger partial charge in [0, 0.05) is 11.1 Å². The molecule has 2 heterocycles. The van der Waals surface area contributed by atoms with E-state index in [0.717, 1.165) is 4.90 Å². The Morgan fingerprint density at radius 3 is 2.41 bits per heavy atom. The molecule has 0 aromatic heterocycles. The highest BCUT2D eigenvalue weighted by Gasteiger charge is 2.68. The van der Waals surface area contributed by atoms with Gasteiger partial charge in [-0.25, -0.2) is 4.90 Å². The second kappa shape index (κ2) is 8.22. The molecule has 2 aromatic rings. The zero-order valence-electron chi connectivity index (χ0n) is 18.0. The van der Waals surface area contributed by atoms with Gasteiger partial charge in [0.2, 0.25) is 11.8 Å². The number of nitrogens with one attached hydrogen (secondary N) is 1. The van der Waals surface area contributed by atoms with Crippen molar-refractivity contribution in [3.8, 4) is 5.75 Å². The quantitative estimate of drug-likeness (QED) is 0.644. The smallest absolute Gasteiger partial charge is 0.324 e. The molecule has 4 rings (SSSR count). The Balaban J connectivity index is 1.88. The number of benzene rings is 2. The number of anilines is 1. The number of para-hydroxylation sites is 2. The summed E-state index contributed by atoms with van der Waals surface area (Å²) in [5.74, 6) is -3.69. The first-order valence-corrected chi connectivity index (χ1v) is 10.9. The van der Waals surface area contributed by atoms with Crippen LogP contribution in [0.3, 0.4) is 0 Å². The Labute approximate surface area is 191 Å². The average Bonchev–Trinajstić information content (AvgIpc) is 3.22. The van der Waals surface area contributed by atoms with E-state index in [4.69, 9.17) is 16.3 Å². The standard InChI is InChI=1S/C24H25ClN2O5/c1-13(2)12-24(23(30)31)19-18(20(26-24)14-8-10-15(25)11-9-14)21(28)27(22(19)29)16-6-4-5-7-17(16)32-3/h4-11,13,18-20,26H,12H2,1-3H3,(H,30,31)/t18-,19-,20-,24+/m0/s1. The van der Waals surface area contributed by atoms with Crippen LogP contribution in [0.1, 0.15) is 31.9 Å². The zero-order chi connectivity index (χ0) is 23.2. The molecule has 2 amide bonds. The minimum Gasteiger partial charge on any atom is -0.495 e. The lowest BCUT2D eigenvalue weighted by molar-refractivity contribution is -0.149. The van der Waals surface area contributed by atoms with Crippen LogP contribution in [0.15, 0.2) is 48.5 Å². The largest absolute Gasteiger partial charge is 0.495 e. The van der Waals surface area contributed by atoms with Crippen LogP contribution >= 0.6 is 11.6 Å². The van der Waals surface area contributed by atoms with Crippen molar-refractivity contribution < 1.29 is 24.2 Å². The molecule has 2 aliphatic rings. The van der Waals surface area contributed by atoms with Crippen molar-refractivity contribution in [1.29, 1.82) is 0 Å². The molecule has 0 spiro atoms. The van der Waals surface area contributed by atoms with Gasteiger partial charge >= 0.3 is 5.97 Å². The van der Waals surface area contributed by atoms with Crippen LogP contribution in [0, 0.1) is 17.8 Å². The predicted octanol–water partition coefficient (Wildman–Crippen LogP) is 3.67. The molecule has 2 fully saturated rings. The van der Waals surface area contributed by atoms with Crippen LogP contribution in [0.4, 0.5) is 5.69 Å². The van der Waals surface area contributed by atoms with E-state index in [9.17, 15) is 19.5 Å². The number of amides is 2. The van der Waals surface area contributed by atoms with Crippen LogP contribution < -0.4 is 15.0 Å². The number of carboxylic acid groups (broad SMARTS) is 1. The van der Waals surface area contributed by atoms with E-state index in [1.807, 2.05) is 13.8 Å². The minimum absolute atomic E-state index is 0.0218. The Morgan fingerprint density at radius 2 is 1.81 bits per heavy atom. The van der Waals surface area contributed by atoms with E-state index in [0.29, 0.717) is 22.0 Å². The molecule has 2 aliphatic heterocycles. The minimum atomic E-state index is -1.58. The number of carbonyl (C=O) groups excluding carboxylic acids is 2. The van der Waals surface area contributed by atoms with Crippen molar-refractivity contribution in [2.24, 2.45) is 17.8 Å². The Bertz CT molecular complexity index is 1070. The van der Waals surface area contributed by atoms with Crippen molar-refractivity contribution in [1.82, 2.24) is 5.32 Å². The third-order valence-electron chi connectivity index (χ3n) is 6.32.